The predicted molar refractivity (Wildman–Crippen MR) is 107 cm³/mol. The molecule has 0 radical (unpaired) electrons. The third kappa shape index (κ3) is 9.35. The third-order valence-corrected chi connectivity index (χ3v) is 4.90. The first kappa shape index (κ1) is 20.9. The van der Waals surface area contributed by atoms with E-state index in [1.807, 2.05) is 31.2 Å². The van der Waals surface area contributed by atoms with Gasteiger partial charge < -0.3 is 14.8 Å². The molecule has 1 N–H and O–H groups in total. The summed E-state index contributed by atoms with van der Waals surface area (Å²) in [5, 5.41) is 2.96. The van der Waals surface area contributed by atoms with E-state index in [0.717, 1.165) is 44.8 Å². The Labute approximate surface area is 158 Å². The lowest BCUT2D eigenvalue weighted by Crippen LogP contribution is -2.28. The number of benzene rings is 1. The molecule has 1 amide bonds. The van der Waals surface area contributed by atoms with Crippen LogP contribution >= 0.6 is 0 Å². The largest absolute Gasteiger partial charge is 0.376 e. The summed E-state index contributed by atoms with van der Waals surface area (Å²) in [6.07, 6.45) is 11.9. The van der Waals surface area contributed by atoms with Crippen molar-refractivity contribution in [2.24, 2.45) is 0 Å². The average molecular weight is 362 g/mol. The number of carbonyl (C=O) groups excluding carboxylic acids is 1. The zero-order chi connectivity index (χ0) is 18.5. The van der Waals surface area contributed by atoms with Gasteiger partial charge in [-0.1, -0.05) is 62.6 Å². The monoisotopic (exact) mass is 361 g/mol. The number of aryl methyl sites for hydroxylation is 1. The van der Waals surface area contributed by atoms with Crippen LogP contribution in [-0.4, -0.2) is 31.8 Å². The minimum atomic E-state index is 0.128. The molecule has 1 heterocycles. The molecule has 0 aliphatic carbocycles. The number of hydrogen-bond donors (Lipinski definition) is 1. The highest BCUT2D eigenvalue weighted by molar-refractivity contribution is 5.90. The predicted octanol–water partition coefficient (Wildman–Crippen LogP) is 5.25. The summed E-state index contributed by atoms with van der Waals surface area (Å²) in [7, 11) is 0. The maximum Gasteiger partial charge on any atom is 0.224 e. The van der Waals surface area contributed by atoms with E-state index in [-0.39, 0.29) is 5.91 Å². The standard InChI is InChI=1S/C22H35NO3/c1-19-12-14-20(15-13-19)23-22(24)11-9-7-5-3-2-4-6-8-10-21-18-25-16-17-26-21/h12-15,21H,2-11,16-18H2,1H3,(H,23,24)/t21-/m0/s1. The van der Waals surface area contributed by atoms with Crippen LogP contribution in [0.25, 0.3) is 0 Å². The third-order valence-electron chi connectivity index (χ3n) is 4.90. The molecule has 1 fully saturated rings. The fourth-order valence-corrected chi connectivity index (χ4v) is 3.28. The normalized spacial score (nSPS) is 17.2. The SMILES string of the molecule is Cc1ccc(NC(=O)CCCCCCCCCC[C@H]2COCCO2)cc1. The number of anilines is 1. The van der Waals surface area contributed by atoms with Crippen LogP contribution in [0.15, 0.2) is 24.3 Å². The number of amides is 1. The number of unbranched alkanes of at least 4 members (excludes halogenated alkanes) is 7. The number of ether oxygens (including phenoxy) is 2. The second-order valence-corrected chi connectivity index (χ2v) is 7.35. The Kier molecular flexibility index (Phi) is 10.4. The Balaban J connectivity index is 1.36. The van der Waals surface area contributed by atoms with Gasteiger partial charge in [0.05, 0.1) is 25.9 Å². The van der Waals surface area contributed by atoms with E-state index in [1.165, 1.54) is 44.1 Å². The zero-order valence-electron chi connectivity index (χ0n) is 16.3. The molecule has 0 unspecified atom stereocenters. The summed E-state index contributed by atoms with van der Waals surface area (Å²) in [4.78, 5) is 11.9. The van der Waals surface area contributed by atoms with Crippen LogP contribution in [0.5, 0.6) is 0 Å². The fraction of sp³-hybridized carbons (Fsp3) is 0.682. The molecule has 4 heteroatoms. The number of hydrogen-bond acceptors (Lipinski definition) is 3. The molecule has 0 saturated carbocycles. The first-order valence-corrected chi connectivity index (χ1v) is 10.3. The zero-order valence-corrected chi connectivity index (χ0v) is 16.3. The Morgan fingerprint density at radius 1 is 0.962 bits per heavy atom. The lowest BCUT2D eigenvalue weighted by molar-refractivity contribution is -0.116. The Morgan fingerprint density at radius 2 is 1.62 bits per heavy atom. The van der Waals surface area contributed by atoms with Crippen molar-refractivity contribution in [1.82, 2.24) is 0 Å². The molecule has 4 nitrogen and oxygen atoms in total. The molecule has 1 atom stereocenters. The molecule has 0 bridgehead atoms. The molecule has 1 aromatic rings. The summed E-state index contributed by atoms with van der Waals surface area (Å²) in [5.74, 6) is 0.128. The van der Waals surface area contributed by atoms with E-state index in [1.54, 1.807) is 0 Å². The molecule has 26 heavy (non-hydrogen) atoms. The molecule has 2 rings (SSSR count). The van der Waals surface area contributed by atoms with Crippen molar-refractivity contribution in [2.75, 3.05) is 25.1 Å². The van der Waals surface area contributed by atoms with Crippen molar-refractivity contribution in [3.63, 3.8) is 0 Å². The molecular formula is C22H35NO3. The van der Waals surface area contributed by atoms with E-state index in [9.17, 15) is 4.79 Å². The number of nitrogens with one attached hydrogen (secondary N) is 1. The summed E-state index contributed by atoms with van der Waals surface area (Å²) in [6, 6.07) is 7.96. The topological polar surface area (TPSA) is 47.6 Å². The smallest absolute Gasteiger partial charge is 0.224 e. The Bertz CT molecular complexity index is 495. The lowest BCUT2D eigenvalue weighted by atomic mass is 10.0. The van der Waals surface area contributed by atoms with Gasteiger partial charge in [-0.25, -0.2) is 0 Å². The Hall–Kier alpha value is -1.39. The minimum absolute atomic E-state index is 0.128. The van der Waals surface area contributed by atoms with Gasteiger partial charge in [-0.2, -0.15) is 0 Å². The first-order chi connectivity index (χ1) is 12.7. The molecule has 146 valence electrons. The molecular weight excluding hydrogens is 326 g/mol. The number of carbonyl (C=O) groups is 1. The maximum absolute atomic E-state index is 11.9. The highest BCUT2D eigenvalue weighted by atomic mass is 16.6. The van der Waals surface area contributed by atoms with Gasteiger partial charge in [-0.15, -0.1) is 0 Å². The molecule has 0 aromatic heterocycles. The van der Waals surface area contributed by atoms with Crippen LogP contribution < -0.4 is 5.32 Å². The van der Waals surface area contributed by atoms with E-state index in [0.29, 0.717) is 12.5 Å². The summed E-state index contributed by atoms with van der Waals surface area (Å²) >= 11 is 0. The van der Waals surface area contributed by atoms with Gasteiger partial charge in [0.2, 0.25) is 5.91 Å². The van der Waals surface area contributed by atoms with E-state index >= 15 is 0 Å². The number of rotatable bonds is 12. The van der Waals surface area contributed by atoms with E-state index in [4.69, 9.17) is 9.47 Å². The molecule has 1 aliphatic heterocycles. The van der Waals surface area contributed by atoms with Crippen molar-refractivity contribution in [2.45, 2.75) is 77.2 Å². The van der Waals surface area contributed by atoms with Gasteiger partial charge in [0.1, 0.15) is 0 Å². The summed E-state index contributed by atoms with van der Waals surface area (Å²) < 4.78 is 11.1. The van der Waals surface area contributed by atoms with Gasteiger partial charge in [-0.05, 0) is 31.9 Å². The lowest BCUT2D eigenvalue weighted by Gasteiger charge is -2.22. The van der Waals surface area contributed by atoms with Crippen LogP contribution in [0.4, 0.5) is 5.69 Å². The minimum Gasteiger partial charge on any atom is -0.376 e. The highest BCUT2D eigenvalue weighted by Gasteiger charge is 2.13. The van der Waals surface area contributed by atoms with Gasteiger partial charge in [0.25, 0.3) is 0 Å². The van der Waals surface area contributed by atoms with Crippen LogP contribution in [0.3, 0.4) is 0 Å². The van der Waals surface area contributed by atoms with Gasteiger partial charge in [-0.3, -0.25) is 4.79 Å². The quantitative estimate of drug-likeness (QED) is 0.517. The van der Waals surface area contributed by atoms with Gasteiger partial charge in [0, 0.05) is 12.1 Å². The van der Waals surface area contributed by atoms with Gasteiger partial charge >= 0.3 is 0 Å². The van der Waals surface area contributed by atoms with Crippen LogP contribution in [0.2, 0.25) is 0 Å². The van der Waals surface area contributed by atoms with Crippen molar-refractivity contribution < 1.29 is 14.3 Å². The highest BCUT2D eigenvalue weighted by Crippen LogP contribution is 2.14. The molecule has 1 saturated heterocycles. The second kappa shape index (κ2) is 12.9. The van der Waals surface area contributed by atoms with Crippen molar-refractivity contribution in [1.29, 1.82) is 0 Å². The van der Waals surface area contributed by atoms with E-state index < -0.39 is 0 Å². The van der Waals surface area contributed by atoms with Crippen molar-refractivity contribution >= 4 is 11.6 Å². The van der Waals surface area contributed by atoms with E-state index in [2.05, 4.69) is 5.32 Å². The van der Waals surface area contributed by atoms with Crippen LogP contribution in [0, 0.1) is 6.92 Å². The molecule has 1 aromatic carbocycles. The summed E-state index contributed by atoms with van der Waals surface area (Å²) in [6.45, 7) is 4.33. The van der Waals surface area contributed by atoms with Crippen molar-refractivity contribution in [3.05, 3.63) is 29.8 Å². The van der Waals surface area contributed by atoms with Crippen LogP contribution in [-0.2, 0) is 14.3 Å². The van der Waals surface area contributed by atoms with Gasteiger partial charge in [0.15, 0.2) is 0 Å². The fourth-order valence-electron chi connectivity index (χ4n) is 3.28. The second-order valence-electron chi connectivity index (χ2n) is 7.35. The maximum atomic E-state index is 11.9. The summed E-state index contributed by atoms with van der Waals surface area (Å²) in [5.41, 5.74) is 2.10. The van der Waals surface area contributed by atoms with Crippen LogP contribution in [0.1, 0.15) is 69.8 Å². The first-order valence-electron chi connectivity index (χ1n) is 10.3. The average Bonchev–Trinajstić information content (AvgIpc) is 2.66. The molecule has 0 spiro atoms. The van der Waals surface area contributed by atoms with Crippen molar-refractivity contribution in [3.8, 4) is 0 Å². The molecule has 1 aliphatic rings. The Morgan fingerprint density at radius 3 is 2.27 bits per heavy atom.